The van der Waals surface area contributed by atoms with Crippen LogP contribution in [0.3, 0.4) is 0 Å². The number of carbonyl (C=O) groups is 1. The maximum atomic E-state index is 11.1. The number of anilines is 2. The van der Waals surface area contributed by atoms with Gasteiger partial charge in [0, 0.05) is 11.8 Å². The molecule has 6 heteroatoms. The summed E-state index contributed by atoms with van der Waals surface area (Å²) in [4.78, 5) is 18.7. The van der Waals surface area contributed by atoms with E-state index in [0.29, 0.717) is 5.95 Å². The van der Waals surface area contributed by atoms with Gasteiger partial charge < -0.3 is 10.3 Å². The molecule has 0 aliphatic heterocycles. The van der Waals surface area contributed by atoms with Gasteiger partial charge in [0.15, 0.2) is 0 Å². The number of benzene rings is 2. The molecule has 4 N–H and O–H groups in total. The zero-order valence-corrected chi connectivity index (χ0v) is 11.6. The predicted molar refractivity (Wildman–Crippen MR) is 84.8 cm³/mol. The largest absolute Gasteiger partial charge is 0.325 e. The van der Waals surface area contributed by atoms with E-state index in [4.69, 9.17) is 5.21 Å². The van der Waals surface area contributed by atoms with E-state index in [1.165, 1.54) is 6.08 Å². The maximum absolute atomic E-state index is 11.1. The lowest BCUT2D eigenvalue weighted by atomic mass is 10.1. The van der Waals surface area contributed by atoms with Crippen molar-refractivity contribution < 1.29 is 10.0 Å². The van der Waals surface area contributed by atoms with Crippen LogP contribution in [0.2, 0.25) is 0 Å². The van der Waals surface area contributed by atoms with Gasteiger partial charge >= 0.3 is 0 Å². The molecule has 1 aromatic heterocycles. The van der Waals surface area contributed by atoms with Crippen molar-refractivity contribution in [2.45, 2.75) is 0 Å². The molecular weight excluding hydrogens is 280 g/mol. The fraction of sp³-hybridized carbons (Fsp3) is 0. The Morgan fingerprint density at radius 1 is 1.14 bits per heavy atom. The first-order chi connectivity index (χ1) is 10.8. The van der Waals surface area contributed by atoms with Gasteiger partial charge in [0.1, 0.15) is 0 Å². The molecule has 0 spiro atoms. The van der Waals surface area contributed by atoms with Gasteiger partial charge in [-0.3, -0.25) is 10.0 Å². The van der Waals surface area contributed by atoms with Crippen molar-refractivity contribution in [3.05, 3.63) is 60.2 Å². The number of amides is 1. The van der Waals surface area contributed by atoms with Crippen LogP contribution in [0, 0.1) is 0 Å². The maximum Gasteiger partial charge on any atom is 0.267 e. The molecule has 0 saturated heterocycles. The lowest BCUT2D eigenvalue weighted by molar-refractivity contribution is -0.124. The van der Waals surface area contributed by atoms with Gasteiger partial charge in [-0.1, -0.05) is 30.3 Å². The van der Waals surface area contributed by atoms with Crippen LogP contribution in [-0.2, 0) is 4.79 Å². The fourth-order valence-corrected chi connectivity index (χ4v) is 2.10. The van der Waals surface area contributed by atoms with Crippen LogP contribution < -0.4 is 10.8 Å². The number of hydrogen-bond donors (Lipinski definition) is 4. The molecule has 1 heterocycles. The highest BCUT2D eigenvalue weighted by Gasteiger charge is 2.04. The standard InChI is InChI=1S/C16H14N4O2/c21-15(20-22)10-9-11-5-1-2-6-12(11)17-16-18-13-7-3-4-8-14(13)19-16/h1-10,22H,(H,20,21)(H2,17,18,19). The highest BCUT2D eigenvalue weighted by atomic mass is 16.5. The lowest BCUT2D eigenvalue weighted by Crippen LogP contribution is -2.14. The summed E-state index contributed by atoms with van der Waals surface area (Å²) in [6.45, 7) is 0. The second kappa shape index (κ2) is 6.11. The van der Waals surface area contributed by atoms with Crippen molar-refractivity contribution in [2.24, 2.45) is 0 Å². The number of imidazole rings is 1. The van der Waals surface area contributed by atoms with E-state index < -0.39 is 5.91 Å². The monoisotopic (exact) mass is 294 g/mol. The van der Waals surface area contributed by atoms with Crippen molar-refractivity contribution in [3.8, 4) is 0 Å². The number of rotatable bonds is 4. The van der Waals surface area contributed by atoms with Gasteiger partial charge in [0.05, 0.1) is 11.0 Å². The van der Waals surface area contributed by atoms with Gasteiger partial charge in [0.25, 0.3) is 5.91 Å². The first-order valence-electron chi connectivity index (χ1n) is 6.69. The third-order valence-corrected chi connectivity index (χ3v) is 3.13. The highest BCUT2D eigenvalue weighted by molar-refractivity contribution is 5.92. The normalized spacial score (nSPS) is 11.0. The van der Waals surface area contributed by atoms with Crippen molar-refractivity contribution in [1.29, 1.82) is 0 Å². The summed E-state index contributed by atoms with van der Waals surface area (Å²) in [6, 6.07) is 15.2. The number of para-hydroxylation sites is 3. The first kappa shape index (κ1) is 13.8. The van der Waals surface area contributed by atoms with E-state index in [-0.39, 0.29) is 0 Å². The molecule has 6 nitrogen and oxygen atoms in total. The Labute approximate surface area is 126 Å². The van der Waals surface area contributed by atoms with Crippen molar-refractivity contribution in [3.63, 3.8) is 0 Å². The molecule has 2 aromatic carbocycles. The van der Waals surface area contributed by atoms with Crippen LogP contribution in [0.1, 0.15) is 5.56 Å². The smallest absolute Gasteiger partial charge is 0.267 e. The molecule has 3 aromatic rings. The summed E-state index contributed by atoms with van der Waals surface area (Å²) < 4.78 is 0. The SMILES string of the molecule is O=C(C=Cc1ccccc1Nc1nc2ccccc2[nH]1)NO. The van der Waals surface area contributed by atoms with Crippen LogP contribution in [0.15, 0.2) is 54.6 Å². The van der Waals surface area contributed by atoms with Gasteiger partial charge in [-0.05, 0) is 29.8 Å². The molecule has 0 bridgehead atoms. The number of hydrogen-bond acceptors (Lipinski definition) is 4. The molecule has 0 unspecified atom stereocenters. The van der Waals surface area contributed by atoms with Crippen LogP contribution in [0.25, 0.3) is 17.1 Å². The number of fused-ring (bicyclic) bond motifs is 1. The van der Waals surface area contributed by atoms with E-state index >= 15 is 0 Å². The summed E-state index contributed by atoms with van der Waals surface area (Å²) in [5.74, 6) is 0.0344. The van der Waals surface area contributed by atoms with E-state index in [9.17, 15) is 4.79 Å². The Morgan fingerprint density at radius 3 is 2.73 bits per heavy atom. The minimum atomic E-state index is -0.585. The Bertz CT molecular complexity index is 806. The van der Waals surface area contributed by atoms with Crippen molar-refractivity contribution >= 4 is 34.7 Å². The van der Waals surface area contributed by atoms with Gasteiger partial charge in [-0.15, -0.1) is 0 Å². The van der Waals surface area contributed by atoms with Crippen molar-refractivity contribution in [1.82, 2.24) is 15.4 Å². The number of aromatic nitrogens is 2. The molecule has 0 aliphatic carbocycles. The lowest BCUT2D eigenvalue weighted by Gasteiger charge is -2.06. The third kappa shape index (κ3) is 2.97. The molecular formula is C16H14N4O2. The van der Waals surface area contributed by atoms with Crippen LogP contribution in [0.4, 0.5) is 11.6 Å². The minimum absolute atomic E-state index is 0.585. The summed E-state index contributed by atoms with van der Waals surface area (Å²) in [5.41, 5.74) is 4.97. The van der Waals surface area contributed by atoms with E-state index in [2.05, 4.69) is 15.3 Å². The molecule has 1 amide bonds. The summed E-state index contributed by atoms with van der Waals surface area (Å²) >= 11 is 0. The summed E-state index contributed by atoms with van der Waals surface area (Å²) in [5, 5.41) is 11.7. The zero-order valence-electron chi connectivity index (χ0n) is 11.6. The van der Waals surface area contributed by atoms with Gasteiger partial charge in [-0.2, -0.15) is 0 Å². The van der Waals surface area contributed by atoms with Crippen molar-refractivity contribution in [2.75, 3.05) is 5.32 Å². The number of aromatic amines is 1. The second-order valence-electron chi connectivity index (χ2n) is 4.62. The van der Waals surface area contributed by atoms with Gasteiger partial charge in [0.2, 0.25) is 5.95 Å². The van der Waals surface area contributed by atoms with E-state index in [1.54, 1.807) is 11.6 Å². The third-order valence-electron chi connectivity index (χ3n) is 3.13. The average Bonchev–Trinajstić information content (AvgIpc) is 2.96. The zero-order chi connectivity index (χ0) is 15.4. The molecule has 3 rings (SSSR count). The van der Waals surface area contributed by atoms with Crippen LogP contribution in [0.5, 0.6) is 0 Å². The highest BCUT2D eigenvalue weighted by Crippen LogP contribution is 2.22. The summed E-state index contributed by atoms with van der Waals surface area (Å²) in [6.07, 6.45) is 2.86. The minimum Gasteiger partial charge on any atom is -0.325 e. The Morgan fingerprint density at radius 2 is 1.91 bits per heavy atom. The van der Waals surface area contributed by atoms with Crippen LogP contribution in [-0.4, -0.2) is 21.1 Å². The van der Waals surface area contributed by atoms with E-state index in [0.717, 1.165) is 22.3 Å². The topological polar surface area (TPSA) is 90.0 Å². The van der Waals surface area contributed by atoms with E-state index in [1.807, 2.05) is 48.5 Å². The average molecular weight is 294 g/mol. The number of hydroxylamine groups is 1. The molecule has 110 valence electrons. The fourth-order valence-electron chi connectivity index (χ4n) is 2.10. The number of nitrogens with zero attached hydrogens (tertiary/aromatic N) is 1. The summed E-state index contributed by atoms with van der Waals surface area (Å²) in [7, 11) is 0. The Hall–Kier alpha value is -3.12. The number of carbonyl (C=O) groups excluding carboxylic acids is 1. The second-order valence-corrected chi connectivity index (χ2v) is 4.62. The predicted octanol–water partition coefficient (Wildman–Crippen LogP) is 2.83. The Kier molecular flexibility index (Phi) is 3.84. The molecule has 22 heavy (non-hydrogen) atoms. The number of H-pyrrole nitrogens is 1. The molecule has 0 fully saturated rings. The van der Waals surface area contributed by atoms with Crippen LogP contribution >= 0.6 is 0 Å². The molecule has 0 aliphatic rings. The molecule has 0 atom stereocenters. The molecule has 0 saturated carbocycles. The Balaban J connectivity index is 1.88. The van der Waals surface area contributed by atoms with Gasteiger partial charge in [-0.25, -0.2) is 10.5 Å². The quantitative estimate of drug-likeness (QED) is 0.338. The first-order valence-corrected chi connectivity index (χ1v) is 6.69. The number of nitrogens with one attached hydrogen (secondary N) is 3. The molecule has 0 radical (unpaired) electrons.